The van der Waals surface area contributed by atoms with Crippen LogP contribution in [-0.4, -0.2) is 27.0 Å². The van der Waals surface area contributed by atoms with Gasteiger partial charge in [0.15, 0.2) is 0 Å². The fraction of sp³-hybridized carbons (Fsp3) is 0.240. The lowest BCUT2D eigenvalue weighted by atomic mass is 10.1. The molecule has 0 spiro atoms. The number of nitrogens with zero attached hydrogens (tertiary/aromatic N) is 4. The summed E-state index contributed by atoms with van der Waals surface area (Å²) in [5, 5.41) is 3.15. The highest BCUT2D eigenvalue weighted by atomic mass is 32.1. The molecule has 31 heavy (non-hydrogen) atoms. The third kappa shape index (κ3) is 3.57. The van der Waals surface area contributed by atoms with E-state index < -0.39 is 0 Å². The van der Waals surface area contributed by atoms with Crippen LogP contribution in [0.2, 0.25) is 0 Å². The minimum atomic E-state index is 0.0661. The number of pyridine rings is 1. The lowest BCUT2D eigenvalue weighted by Gasteiger charge is -2.18. The number of hydrogen-bond acceptors (Lipinski definition) is 4. The van der Waals surface area contributed by atoms with E-state index in [4.69, 9.17) is 0 Å². The van der Waals surface area contributed by atoms with Gasteiger partial charge in [0.05, 0.1) is 28.5 Å². The van der Waals surface area contributed by atoms with E-state index in [1.54, 1.807) is 17.5 Å². The number of aryl methyl sites for hydroxylation is 2. The van der Waals surface area contributed by atoms with Gasteiger partial charge in [0.2, 0.25) is 0 Å². The molecule has 0 N–H and O–H groups in total. The third-order valence-electron chi connectivity index (χ3n) is 5.99. The Morgan fingerprint density at radius 1 is 1.13 bits per heavy atom. The SMILES string of the molecule is Cc1nc(-c2ccc3c(c2)CCN3C(=O)c2cc(C)n(Cc3ccccn3)c2C)cs1. The number of carbonyl (C=O) groups is 1. The van der Waals surface area contributed by atoms with Gasteiger partial charge in [-0.2, -0.15) is 0 Å². The summed E-state index contributed by atoms with van der Waals surface area (Å²) in [6.07, 6.45) is 2.67. The second-order valence-electron chi connectivity index (χ2n) is 7.99. The van der Waals surface area contributed by atoms with Gasteiger partial charge in [0.25, 0.3) is 5.91 Å². The Hall–Kier alpha value is -3.25. The van der Waals surface area contributed by atoms with Crippen molar-refractivity contribution in [3.8, 4) is 11.3 Å². The van der Waals surface area contributed by atoms with Crippen LogP contribution in [-0.2, 0) is 13.0 Å². The van der Waals surface area contributed by atoms with E-state index in [0.29, 0.717) is 13.1 Å². The van der Waals surface area contributed by atoms with E-state index in [-0.39, 0.29) is 5.91 Å². The first-order valence-electron chi connectivity index (χ1n) is 10.4. The summed E-state index contributed by atoms with van der Waals surface area (Å²) >= 11 is 1.66. The molecule has 3 aromatic heterocycles. The van der Waals surface area contributed by atoms with Gasteiger partial charge in [-0.05, 0) is 63.1 Å². The number of aromatic nitrogens is 3. The molecule has 0 saturated heterocycles. The highest BCUT2D eigenvalue weighted by molar-refractivity contribution is 7.09. The molecule has 6 heteroatoms. The number of hydrogen-bond donors (Lipinski definition) is 0. The molecule has 4 aromatic rings. The van der Waals surface area contributed by atoms with Gasteiger partial charge in [-0.15, -0.1) is 11.3 Å². The van der Waals surface area contributed by atoms with Crippen LogP contribution in [0.15, 0.2) is 54.0 Å². The van der Waals surface area contributed by atoms with Gasteiger partial charge in [-0.25, -0.2) is 4.98 Å². The summed E-state index contributed by atoms with van der Waals surface area (Å²) in [5.74, 6) is 0.0661. The molecule has 1 aliphatic rings. The van der Waals surface area contributed by atoms with Gasteiger partial charge in [-0.1, -0.05) is 12.1 Å². The molecular formula is C25H24N4OS. The number of benzene rings is 1. The summed E-state index contributed by atoms with van der Waals surface area (Å²) < 4.78 is 2.17. The molecule has 0 unspecified atom stereocenters. The lowest BCUT2D eigenvalue weighted by Crippen LogP contribution is -2.29. The van der Waals surface area contributed by atoms with E-state index in [2.05, 4.69) is 38.1 Å². The number of rotatable bonds is 4. The van der Waals surface area contributed by atoms with Crippen molar-refractivity contribution in [1.29, 1.82) is 0 Å². The summed E-state index contributed by atoms with van der Waals surface area (Å²) in [5.41, 5.74) is 8.14. The molecule has 0 fully saturated rings. The summed E-state index contributed by atoms with van der Waals surface area (Å²) in [6, 6.07) is 14.2. The second kappa shape index (κ2) is 7.78. The van der Waals surface area contributed by atoms with Crippen molar-refractivity contribution in [3.05, 3.63) is 87.3 Å². The molecule has 0 bridgehead atoms. The monoisotopic (exact) mass is 428 g/mol. The van der Waals surface area contributed by atoms with Crippen molar-refractivity contribution < 1.29 is 4.79 Å². The van der Waals surface area contributed by atoms with E-state index in [1.165, 1.54) is 5.56 Å². The smallest absolute Gasteiger partial charge is 0.260 e. The number of thiazole rings is 1. The highest BCUT2D eigenvalue weighted by Gasteiger charge is 2.28. The molecule has 1 amide bonds. The predicted octanol–water partition coefficient (Wildman–Crippen LogP) is 5.18. The van der Waals surface area contributed by atoms with Crippen LogP contribution < -0.4 is 4.90 Å². The molecule has 5 nitrogen and oxygen atoms in total. The van der Waals surface area contributed by atoms with Gasteiger partial charge >= 0.3 is 0 Å². The number of amides is 1. The Morgan fingerprint density at radius 3 is 2.74 bits per heavy atom. The van der Waals surface area contributed by atoms with E-state index in [9.17, 15) is 4.79 Å². The van der Waals surface area contributed by atoms with E-state index in [0.717, 1.165) is 51.0 Å². The average Bonchev–Trinajstić information content (AvgIpc) is 3.47. The van der Waals surface area contributed by atoms with E-state index >= 15 is 0 Å². The lowest BCUT2D eigenvalue weighted by molar-refractivity contribution is 0.0988. The zero-order chi connectivity index (χ0) is 21.5. The molecule has 1 aliphatic heterocycles. The van der Waals surface area contributed by atoms with Gasteiger partial charge in [0.1, 0.15) is 0 Å². The predicted molar refractivity (Wildman–Crippen MR) is 125 cm³/mol. The van der Waals surface area contributed by atoms with Crippen LogP contribution in [0.1, 0.15) is 38.0 Å². The van der Waals surface area contributed by atoms with Crippen LogP contribution in [0.5, 0.6) is 0 Å². The first kappa shape index (κ1) is 19.7. The maximum Gasteiger partial charge on any atom is 0.260 e. The molecule has 1 aromatic carbocycles. The van der Waals surface area contributed by atoms with Gasteiger partial charge in [0, 0.05) is 40.8 Å². The fourth-order valence-electron chi connectivity index (χ4n) is 4.33. The molecule has 0 radical (unpaired) electrons. The zero-order valence-electron chi connectivity index (χ0n) is 17.9. The first-order chi connectivity index (χ1) is 15.0. The van der Waals surface area contributed by atoms with Crippen LogP contribution >= 0.6 is 11.3 Å². The molecule has 0 saturated carbocycles. The highest BCUT2D eigenvalue weighted by Crippen LogP contribution is 2.34. The molecule has 5 rings (SSSR count). The quantitative estimate of drug-likeness (QED) is 0.450. The number of anilines is 1. The van der Waals surface area contributed by atoms with Crippen molar-refractivity contribution >= 4 is 22.9 Å². The van der Waals surface area contributed by atoms with Crippen molar-refractivity contribution in [2.75, 3.05) is 11.4 Å². The Labute approximate surface area is 186 Å². The minimum Gasteiger partial charge on any atom is -0.342 e. The largest absolute Gasteiger partial charge is 0.342 e. The van der Waals surface area contributed by atoms with Crippen LogP contribution in [0, 0.1) is 20.8 Å². The maximum absolute atomic E-state index is 13.5. The Kier molecular flexibility index (Phi) is 4.94. The van der Waals surface area contributed by atoms with Gasteiger partial charge in [-0.3, -0.25) is 9.78 Å². The maximum atomic E-state index is 13.5. The molecular weight excluding hydrogens is 404 g/mol. The van der Waals surface area contributed by atoms with Crippen LogP contribution in [0.25, 0.3) is 11.3 Å². The Bertz CT molecular complexity index is 1270. The van der Waals surface area contributed by atoms with Crippen molar-refractivity contribution in [2.24, 2.45) is 0 Å². The average molecular weight is 429 g/mol. The fourth-order valence-corrected chi connectivity index (χ4v) is 4.95. The number of carbonyl (C=O) groups excluding carboxylic acids is 1. The zero-order valence-corrected chi connectivity index (χ0v) is 18.7. The third-order valence-corrected chi connectivity index (χ3v) is 6.76. The molecule has 4 heterocycles. The van der Waals surface area contributed by atoms with Crippen molar-refractivity contribution in [3.63, 3.8) is 0 Å². The van der Waals surface area contributed by atoms with Crippen LogP contribution in [0.3, 0.4) is 0 Å². The van der Waals surface area contributed by atoms with Crippen LogP contribution in [0.4, 0.5) is 5.69 Å². The minimum absolute atomic E-state index is 0.0661. The van der Waals surface area contributed by atoms with Gasteiger partial charge < -0.3 is 9.47 Å². The Morgan fingerprint density at radius 2 is 2.00 bits per heavy atom. The van der Waals surface area contributed by atoms with E-state index in [1.807, 2.05) is 49.9 Å². The first-order valence-corrected chi connectivity index (χ1v) is 11.3. The normalized spacial score (nSPS) is 12.9. The summed E-state index contributed by atoms with van der Waals surface area (Å²) in [7, 11) is 0. The van der Waals surface area contributed by atoms with Crippen molar-refractivity contribution in [1.82, 2.24) is 14.5 Å². The topological polar surface area (TPSA) is 51.0 Å². The molecule has 0 aliphatic carbocycles. The second-order valence-corrected chi connectivity index (χ2v) is 9.06. The summed E-state index contributed by atoms with van der Waals surface area (Å²) in [6.45, 7) is 7.46. The standard InChI is InChI=1S/C25H24N4OS/c1-16-12-22(17(2)29(16)14-21-6-4-5-10-26-21)25(30)28-11-9-20-13-19(7-8-24(20)28)23-15-31-18(3)27-23/h4-8,10,12-13,15H,9,11,14H2,1-3H3. The summed E-state index contributed by atoms with van der Waals surface area (Å²) in [4.78, 5) is 24.4. The Balaban J connectivity index is 1.43. The van der Waals surface area contributed by atoms with Crippen molar-refractivity contribution in [2.45, 2.75) is 33.7 Å². The number of fused-ring (bicyclic) bond motifs is 1. The molecule has 0 atom stereocenters. The molecule has 156 valence electrons.